The van der Waals surface area contributed by atoms with Gasteiger partial charge >= 0.3 is 0 Å². The molecule has 1 aromatic rings. The Morgan fingerprint density at radius 2 is 1.50 bits per heavy atom. The fourth-order valence-corrected chi connectivity index (χ4v) is 9.25. The first-order valence-electron chi connectivity index (χ1n) is 8.60. The Morgan fingerprint density at radius 1 is 0.955 bits per heavy atom. The number of rotatable bonds is 5. The first kappa shape index (κ1) is 17.3. The predicted molar refractivity (Wildman–Crippen MR) is 97.5 cm³/mol. The summed E-state index contributed by atoms with van der Waals surface area (Å²) >= 11 is 0. The van der Waals surface area contributed by atoms with Crippen molar-refractivity contribution in [1.29, 1.82) is 0 Å². The Labute approximate surface area is 137 Å². The van der Waals surface area contributed by atoms with Crippen molar-refractivity contribution >= 4 is 8.07 Å². The van der Waals surface area contributed by atoms with E-state index in [2.05, 4.69) is 83.3 Å². The summed E-state index contributed by atoms with van der Waals surface area (Å²) in [7, 11) is -1.58. The van der Waals surface area contributed by atoms with Crippen LogP contribution in [0.3, 0.4) is 0 Å². The van der Waals surface area contributed by atoms with Crippen LogP contribution >= 0.6 is 0 Å². The predicted octanol–water partition coefficient (Wildman–Crippen LogP) is 5.74. The lowest BCUT2D eigenvalue weighted by atomic mass is 10.1. The van der Waals surface area contributed by atoms with Gasteiger partial charge in [0.15, 0.2) is 0 Å². The molecule has 0 aliphatic carbocycles. The molecule has 0 N–H and O–H groups in total. The number of hydrogen-bond acceptors (Lipinski definition) is 1. The van der Waals surface area contributed by atoms with Gasteiger partial charge in [0.2, 0.25) is 0 Å². The zero-order chi connectivity index (χ0) is 16.3. The molecule has 1 nitrogen and oxygen atoms in total. The second kappa shape index (κ2) is 7.02. The van der Waals surface area contributed by atoms with Crippen LogP contribution < -0.4 is 0 Å². The maximum atomic E-state index is 5.81. The lowest BCUT2D eigenvalue weighted by Crippen LogP contribution is -2.43. The van der Waals surface area contributed by atoms with Crippen LogP contribution in [0.4, 0.5) is 0 Å². The summed E-state index contributed by atoms with van der Waals surface area (Å²) in [6, 6.07) is 10.5. The van der Waals surface area contributed by atoms with Gasteiger partial charge in [-0.1, -0.05) is 71.9 Å². The normalized spacial score (nSPS) is 21.1. The summed E-state index contributed by atoms with van der Waals surface area (Å²) in [5.74, 6) is 3.52. The minimum Gasteiger partial charge on any atom is -0.363 e. The van der Waals surface area contributed by atoms with E-state index in [0.29, 0.717) is 22.7 Å². The minimum atomic E-state index is -1.58. The zero-order valence-electron chi connectivity index (χ0n) is 14.9. The Bertz CT molecular complexity index is 514. The van der Waals surface area contributed by atoms with Crippen LogP contribution in [0.2, 0.25) is 16.6 Å². The number of ether oxygens (including phenoxy) is 1. The molecular weight excluding hydrogens is 284 g/mol. The van der Waals surface area contributed by atoms with E-state index in [-0.39, 0.29) is 6.10 Å². The Kier molecular flexibility index (Phi) is 5.53. The molecule has 0 aromatic heterocycles. The molecule has 0 spiro atoms. The third-order valence-electron chi connectivity index (χ3n) is 5.18. The molecule has 1 aromatic carbocycles. The molecule has 0 radical (unpaired) electrons. The van der Waals surface area contributed by atoms with Crippen LogP contribution in [-0.4, -0.2) is 14.2 Å². The molecule has 1 heterocycles. The first-order valence-corrected chi connectivity index (χ1v) is 10.8. The molecule has 1 fully saturated rings. The Morgan fingerprint density at radius 3 is 2.00 bits per heavy atom. The van der Waals surface area contributed by atoms with Crippen molar-refractivity contribution in [2.45, 2.75) is 76.8 Å². The highest BCUT2D eigenvalue weighted by Gasteiger charge is 2.42. The van der Waals surface area contributed by atoms with Crippen LogP contribution in [0.1, 0.15) is 59.6 Å². The van der Waals surface area contributed by atoms with Gasteiger partial charge in [-0.05, 0) is 22.2 Å². The molecular formula is C20H30OSi. The van der Waals surface area contributed by atoms with Gasteiger partial charge in [-0.15, -0.1) is 11.5 Å². The Balaban J connectivity index is 2.04. The molecule has 0 unspecified atom stereocenters. The summed E-state index contributed by atoms with van der Waals surface area (Å²) in [5.41, 5.74) is 7.17. The molecule has 120 valence electrons. The van der Waals surface area contributed by atoms with E-state index in [1.165, 1.54) is 5.56 Å². The van der Waals surface area contributed by atoms with Gasteiger partial charge in [0.25, 0.3) is 0 Å². The van der Waals surface area contributed by atoms with Gasteiger partial charge < -0.3 is 4.74 Å². The molecule has 0 amide bonds. The lowest BCUT2D eigenvalue weighted by Gasteiger charge is -2.38. The molecule has 1 saturated heterocycles. The van der Waals surface area contributed by atoms with Gasteiger partial charge in [-0.3, -0.25) is 0 Å². The van der Waals surface area contributed by atoms with E-state index in [1.54, 1.807) is 0 Å². The molecule has 1 aliphatic heterocycles. The van der Waals surface area contributed by atoms with Crippen LogP contribution in [0.5, 0.6) is 0 Å². The van der Waals surface area contributed by atoms with Crippen molar-refractivity contribution in [2.75, 3.05) is 0 Å². The van der Waals surface area contributed by atoms with E-state index >= 15 is 0 Å². The summed E-state index contributed by atoms with van der Waals surface area (Å²) in [5, 5.41) is 0. The lowest BCUT2D eigenvalue weighted by molar-refractivity contribution is 0.376. The third-order valence-corrected chi connectivity index (χ3v) is 11.5. The zero-order valence-corrected chi connectivity index (χ0v) is 15.9. The number of epoxide rings is 1. The molecule has 2 rings (SSSR count). The van der Waals surface area contributed by atoms with Crippen molar-refractivity contribution in [3.8, 4) is 11.5 Å². The topological polar surface area (TPSA) is 12.5 Å². The second-order valence-corrected chi connectivity index (χ2v) is 13.0. The third kappa shape index (κ3) is 3.47. The summed E-state index contributed by atoms with van der Waals surface area (Å²) < 4.78 is 5.81. The maximum Gasteiger partial charge on any atom is 0.145 e. The van der Waals surface area contributed by atoms with Crippen LogP contribution in [-0.2, 0) is 4.74 Å². The fraction of sp³-hybridized carbons (Fsp3) is 0.600. The van der Waals surface area contributed by atoms with Crippen LogP contribution in [0, 0.1) is 11.5 Å². The monoisotopic (exact) mass is 314 g/mol. The summed E-state index contributed by atoms with van der Waals surface area (Å²) in [6.45, 7) is 14.2. The number of hydrogen-bond donors (Lipinski definition) is 0. The SMILES string of the molecule is CC(C)[Si](C#CC[C@H]1O[C@@H]1c1ccccc1)(C(C)C)C(C)C. The van der Waals surface area contributed by atoms with E-state index in [1.807, 2.05) is 0 Å². The molecule has 2 heteroatoms. The van der Waals surface area contributed by atoms with Crippen LogP contribution in [0.15, 0.2) is 30.3 Å². The van der Waals surface area contributed by atoms with Crippen molar-refractivity contribution in [3.05, 3.63) is 35.9 Å². The molecule has 22 heavy (non-hydrogen) atoms. The van der Waals surface area contributed by atoms with Crippen molar-refractivity contribution < 1.29 is 4.74 Å². The first-order chi connectivity index (χ1) is 10.4. The highest BCUT2D eigenvalue weighted by Crippen LogP contribution is 2.42. The standard InChI is InChI=1S/C20H30OSi/c1-15(2)22(16(3)4,17(5)6)14-10-13-19-20(21-19)18-11-8-7-9-12-18/h7-9,11-12,15-17,19-20H,13H2,1-6H3/t19-,20-/m1/s1. The smallest absolute Gasteiger partial charge is 0.145 e. The molecule has 0 bridgehead atoms. The minimum absolute atomic E-state index is 0.267. The number of benzene rings is 1. The summed E-state index contributed by atoms with van der Waals surface area (Å²) in [6.07, 6.45) is 1.44. The Hall–Kier alpha value is -1.04. The van der Waals surface area contributed by atoms with Crippen LogP contribution in [0.25, 0.3) is 0 Å². The highest BCUT2D eigenvalue weighted by molar-refractivity contribution is 6.90. The van der Waals surface area contributed by atoms with Crippen molar-refractivity contribution in [1.82, 2.24) is 0 Å². The van der Waals surface area contributed by atoms with Gasteiger partial charge in [0, 0.05) is 6.42 Å². The van der Waals surface area contributed by atoms with Gasteiger partial charge in [0.05, 0.1) is 6.10 Å². The van der Waals surface area contributed by atoms with E-state index in [4.69, 9.17) is 4.74 Å². The average molecular weight is 315 g/mol. The molecule has 2 atom stereocenters. The molecule has 0 saturated carbocycles. The fourth-order valence-electron chi connectivity index (χ4n) is 3.97. The van der Waals surface area contributed by atoms with E-state index < -0.39 is 8.07 Å². The van der Waals surface area contributed by atoms with Gasteiger partial charge in [-0.2, -0.15) is 0 Å². The quantitative estimate of drug-likeness (QED) is 0.383. The van der Waals surface area contributed by atoms with E-state index in [0.717, 1.165) is 6.42 Å². The van der Waals surface area contributed by atoms with Crippen molar-refractivity contribution in [3.63, 3.8) is 0 Å². The van der Waals surface area contributed by atoms with E-state index in [9.17, 15) is 0 Å². The second-order valence-electron chi connectivity index (χ2n) is 7.41. The highest BCUT2D eigenvalue weighted by atomic mass is 28.3. The maximum absolute atomic E-state index is 5.81. The van der Waals surface area contributed by atoms with Crippen molar-refractivity contribution in [2.24, 2.45) is 0 Å². The van der Waals surface area contributed by atoms with Gasteiger partial charge in [0.1, 0.15) is 14.2 Å². The average Bonchev–Trinajstić information content (AvgIpc) is 3.23. The molecule has 1 aliphatic rings. The largest absolute Gasteiger partial charge is 0.363 e. The van der Waals surface area contributed by atoms with Gasteiger partial charge in [-0.25, -0.2) is 0 Å². The summed E-state index contributed by atoms with van der Waals surface area (Å²) in [4.78, 5) is 0.